The molecule has 4 aromatic rings. The average Bonchev–Trinajstić information content (AvgIpc) is 3.69. The summed E-state index contributed by atoms with van der Waals surface area (Å²) in [5, 5.41) is 20.1. The summed E-state index contributed by atoms with van der Waals surface area (Å²) in [5.74, 6) is 8.01. The Morgan fingerprint density at radius 1 is 0.909 bits per heavy atom. The molecule has 3 amide bonds. The van der Waals surface area contributed by atoms with Crippen LogP contribution in [0.1, 0.15) is 88.4 Å². The van der Waals surface area contributed by atoms with Crippen LogP contribution in [0.5, 0.6) is 0 Å². The van der Waals surface area contributed by atoms with Crippen molar-refractivity contribution in [2.75, 3.05) is 7.11 Å². The lowest BCUT2D eigenvalue weighted by Crippen LogP contribution is -2.53. The molecule has 14 heteroatoms. The molecule has 286 valence electrons. The van der Waals surface area contributed by atoms with Crippen LogP contribution in [-0.4, -0.2) is 84.6 Å². The Labute approximate surface area is 318 Å². The number of amides is 3. The zero-order valence-electron chi connectivity index (χ0n) is 31.5. The highest BCUT2D eigenvalue weighted by molar-refractivity contribution is 5.98. The number of ketones is 1. The summed E-state index contributed by atoms with van der Waals surface area (Å²) in [5.41, 5.74) is 2.67. The molecule has 2 aliphatic heterocycles. The van der Waals surface area contributed by atoms with Crippen molar-refractivity contribution < 1.29 is 29.0 Å². The second-order valence-corrected chi connectivity index (χ2v) is 16.1. The molecule has 8 rings (SSSR count). The van der Waals surface area contributed by atoms with E-state index in [4.69, 9.17) is 9.72 Å². The fourth-order valence-electron chi connectivity index (χ4n) is 8.68. The van der Waals surface area contributed by atoms with Gasteiger partial charge in [0.1, 0.15) is 23.4 Å². The van der Waals surface area contributed by atoms with Crippen LogP contribution in [0.15, 0.2) is 48.8 Å². The molecule has 0 radical (unpaired) electrons. The number of nitrogens with one attached hydrogen (secondary N) is 5. The van der Waals surface area contributed by atoms with E-state index in [-0.39, 0.29) is 47.6 Å². The van der Waals surface area contributed by atoms with Gasteiger partial charge < -0.3 is 35.3 Å². The number of nitrogens with zero attached hydrogens (tertiary/aromatic N) is 3. The molecule has 6 N–H and O–H groups in total. The lowest BCUT2D eigenvalue weighted by Gasteiger charge is -2.31. The summed E-state index contributed by atoms with van der Waals surface area (Å²) in [4.78, 5) is 68.4. The Kier molecular flexibility index (Phi) is 9.16. The first-order valence-electron chi connectivity index (χ1n) is 19.0. The van der Waals surface area contributed by atoms with Crippen molar-refractivity contribution in [2.45, 2.75) is 89.1 Å². The Morgan fingerprint density at radius 2 is 1.65 bits per heavy atom. The number of ether oxygens (including phenoxy) is 1. The summed E-state index contributed by atoms with van der Waals surface area (Å²) < 4.78 is 4.75. The first-order valence-corrected chi connectivity index (χ1v) is 19.0. The standard InChI is InChI=1S/C41H46N8O6/c1-20(2)33(47-40(54)55-5)35(50)41-17-27(41)16-29(48-41)36-42-18-28(44-36)11-7-22-6-8-24-13-25(10-9-23(24)12-22)30-19-43-37(45-30)32-15-26-14-31(26)49(32)38(51)34(21(3)4)46-39(52)53/h6,8-10,12-13,18-21,26-27,29,31-34,46,48H,14-17H2,1-5H3,(H,42,44)(H,43,45)(H,47,54)(H,52,53)/t26-,27-,29+,31-,32+,33+,34+,41-/m1/s1. The third kappa shape index (κ3) is 6.82. The highest BCUT2D eigenvalue weighted by atomic mass is 16.5. The number of hydrogen-bond acceptors (Lipinski definition) is 8. The second-order valence-electron chi connectivity index (χ2n) is 16.1. The van der Waals surface area contributed by atoms with E-state index in [0.29, 0.717) is 17.4 Å². The molecule has 4 aliphatic rings. The number of aromatic nitrogens is 4. The smallest absolute Gasteiger partial charge is 0.407 e. The zero-order valence-corrected chi connectivity index (χ0v) is 31.5. The fraction of sp³-hybridized carbons (Fsp3) is 0.463. The van der Waals surface area contributed by atoms with Crippen molar-refractivity contribution in [2.24, 2.45) is 23.7 Å². The van der Waals surface area contributed by atoms with Crippen molar-refractivity contribution in [3.05, 3.63) is 71.7 Å². The van der Waals surface area contributed by atoms with Crippen molar-refractivity contribution in [1.29, 1.82) is 0 Å². The van der Waals surface area contributed by atoms with Crippen molar-refractivity contribution in [3.63, 3.8) is 0 Å². The average molecular weight is 747 g/mol. The second kappa shape index (κ2) is 13.9. The number of fused-ring (bicyclic) bond motifs is 3. The van der Waals surface area contributed by atoms with Crippen molar-refractivity contribution in [3.8, 4) is 23.1 Å². The van der Waals surface area contributed by atoms with Gasteiger partial charge in [0.15, 0.2) is 5.78 Å². The van der Waals surface area contributed by atoms with Crippen LogP contribution in [0.3, 0.4) is 0 Å². The third-order valence-corrected chi connectivity index (χ3v) is 11.8. The number of carbonyl (C=O) groups excluding carboxylic acids is 3. The summed E-state index contributed by atoms with van der Waals surface area (Å²) in [6, 6.07) is 10.6. The largest absolute Gasteiger partial charge is 0.465 e. The van der Waals surface area contributed by atoms with E-state index in [2.05, 4.69) is 54.9 Å². The van der Waals surface area contributed by atoms with Gasteiger partial charge >= 0.3 is 12.2 Å². The number of imidazole rings is 2. The van der Waals surface area contributed by atoms with Crippen LogP contribution in [0, 0.1) is 35.5 Å². The van der Waals surface area contributed by atoms with Crippen LogP contribution in [-0.2, 0) is 14.3 Å². The molecule has 0 bridgehead atoms. The van der Waals surface area contributed by atoms with Crippen LogP contribution < -0.4 is 16.0 Å². The summed E-state index contributed by atoms with van der Waals surface area (Å²) in [7, 11) is 1.29. The number of carboxylic acid groups (broad SMARTS) is 1. The number of H-pyrrole nitrogens is 2. The molecular formula is C41H46N8O6. The predicted octanol–water partition coefficient (Wildman–Crippen LogP) is 5.05. The molecule has 2 saturated carbocycles. The lowest BCUT2D eigenvalue weighted by atomic mass is 9.93. The fourth-order valence-corrected chi connectivity index (χ4v) is 8.68. The number of rotatable bonds is 10. The van der Waals surface area contributed by atoms with Gasteiger partial charge in [0.2, 0.25) is 5.91 Å². The minimum Gasteiger partial charge on any atom is -0.465 e. The molecule has 8 atom stereocenters. The highest BCUT2D eigenvalue weighted by Crippen LogP contribution is 2.56. The molecule has 4 fully saturated rings. The molecule has 55 heavy (non-hydrogen) atoms. The summed E-state index contributed by atoms with van der Waals surface area (Å²) >= 11 is 0. The number of likely N-dealkylation sites (tertiary alicyclic amines) is 1. The van der Waals surface area contributed by atoms with E-state index < -0.39 is 29.8 Å². The minimum atomic E-state index is -1.20. The van der Waals surface area contributed by atoms with Gasteiger partial charge in [0.25, 0.3) is 0 Å². The molecule has 14 nitrogen and oxygen atoms in total. The van der Waals surface area contributed by atoms with Gasteiger partial charge in [-0.2, -0.15) is 0 Å². The Morgan fingerprint density at radius 3 is 2.40 bits per heavy atom. The number of aromatic amines is 2. The van der Waals surface area contributed by atoms with E-state index in [1.54, 1.807) is 12.4 Å². The molecule has 2 aromatic heterocycles. The van der Waals surface area contributed by atoms with E-state index in [1.807, 2.05) is 56.9 Å². The Balaban J connectivity index is 0.927. The molecule has 2 aliphatic carbocycles. The zero-order chi connectivity index (χ0) is 38.8. The number of Topliss-reactive ketones (excluding diaryl/α,β-unsaturated/α-hetero) is 1. The first kappa shape index (κ1) is 36.3. The van der Waals surface area contributed by atoms with Gasteiger partial charge in [0.05, 0.1) is 48.9 Å². The van der Waals surface area contributed by atoms with Crippen LogP contribution in [0.2, 0.25) is 0 Å². The molecule has 2 saturated heterocycles. The maximum Gasteiger partial charge on any atom is 0.407 e. The van der Waals surface area contributed by atoms with E-state index in [1.165, 1.54) is 7.11 Å². The molecular weight excluding hydrogens is 701 g/mol. The summed E-state index contributed by atoms with van der Waals surface area (Å²) in [6.45, 7) is 7.51. The van der Waals surface area contributed by atoms with Crippen molar-refractivity contribution in [1.82, 2.24) is 40.8 Å². The monoisotopic (exact) mass is 746 g/mol. The lowest BCUT2D eigenvalue weighted by molar-refractivity contribution is -0.136. The third-order valence-electron chi connectivity index (χ3n) is 11.8. The number of hydrogen-bond donors (Lipinski definition) is 6. The maximum atomic E-state index is 13.6. The summed E-state index contributed by atoms with van der Waals surface area (Å²) in [6.07, 6.45) is 4.95. The van der Waals surface area contributed by atoms with E-state index >= 15 is 0 Å². The van der Waals surface area contributed by atoms with E-state index in [9.17, 15) is 24.3 Å². The quantitative estimate of drug-likeness (QED) is 0.121. The molecule has 0 spiro atoms. The van der Waals surface area contributed by atoms with Gasteiger partial charge in [-0.15, -0.1) is 0 Å². The Hall–Kier alpha value is -5.68. The molecule has 0 unspecified atom stereocenters. The number of carbonyl (C=O) groups is 4. The van der Waals surface area contributed by atoms with Crippen LogP contribution in [0.25, 0.3) is 22.0 Å². The SMILES string of the molecule is COC(=O)N[C@H](C(=O)[C@@]12C[C@H]1C[C@@H](c1ncc(C#Cc3ccc4cc(-c5cnc([C@@H]6C[C@H]7C[C@H]7N6C(=O)[C@@H](NC(=O)O)C(C)C)[nH]5)ccc4c3)[nH]1)N2)C(C)C. The number of benzene rings is 2. The van der Waals surface area contributed by atoms with E-state index in [0.717, 1.165) is 59.1 Å². The van der Waals surface area contributed by atoms with Crippen LogP contribution in [0.4, 0.5) is 9.59 Å². The maximum absolute atomic E-state index is 13.6. The normalized spacial score (nSPS) is 25.8. The van der Waals surface area contributed by atoms with Gasteiger partial charge in [-0.05, 0) is 84.2 Å². The molecule has 4 heterocycles. The minimum absolute atomic E-state index is 0.0153. The first-order chi connectivity index (χ1) is 26.3. The topological polar surface area (TPSA) is 194 Å². The highest BCUT2D eigenvalue weighted by Gasteiger charge is 2.66. The Bertz CT molecular complexity index is 2250. The van der Waals surface area contributed by atoms with Crippen molar-refractivity contribution >= 4 is 34.6 Å². The number of methoxy groups -OCH3 is 1. The van der Waals surface area contributed by atoms with Gasteiger partial charge in [-0.1, -0.05) is 51.8 Å². The van der Waals surface area contributed by atoms with Gasteiger partial charge in [-0.3, -0.25) is 14.9 Å². The number of piperidine rings is 2. The van der Waals surface area contributed by atoms with Gasteiger partial charge in [-0.25, -0.2) is 19.6 Å². The predicted molar refractivity (Wildman–Crippen MR) is 202 cm³/mol. The molecule has 2 aromatic carbocycles. The van der Waals surface area contributed by atoms with Crippen LogP contribution >= 0.6 is 0 Å². The van der Waals surface area contributed by atoms with Gasteiger partial charge in [0, 0.05) is 17.2 Å². The number of alkyl carbamates (subject to hydrolysis) is 1.